The van der Waals surface area contributed by atoms with Crippen LogP contribution in [0.15, 0.2) is 39.3 Å². The van der Waals surface area contributed by atoms with Gasteiger partial charge in [0.2, 0.25) is 5.82 Å². The number of benzene rings is 1. The number of oxazole rings is 1. The highest BCUT2D eigenvalue weighted by Gasteiger charge is 2.13. The molecule has 0 aliphatic carbocycles. The van der Waals surface area contributed by atoms with Gasteiger partial charge in [0.1, 0.15) is 5.52 Å². The van der Waals surface area contributed by atoms with Gasteiger partial charge in [0.15, 0.2) is 11.5 Å². The quantitative estimate of drug-likeness (QED) is 0.542. The molecule has 0 saturated heterocycles. The third-order valence-electron chi connectivity index (χ3n) is 2.96. The minimum atomic E-state index is 0.457. The molecule has 0 aliphatic rings. The van der Waals surface area contributed by atoms with Gasteiger partial charge in [-0.3, -0.25) is 0 Å². The SMILES string of the molecule is Cc1nc2cc(-c3noc(-c4ccc(Cl)s4)n3)ccc2o1. The van der Waals surface area contributed by atoms with E-state index in [4.69, 9.17) is 20.5 Å². The van der Waals surface area contributed by atoms with E-state index < -0.39 is 0 Å². The van der Waals surface area contributed by atoms with Crippen molar-refractivity contribution in [1.82, 2.24) is 15.1 Å². The molecule has 7 heteroatoms. The second-order valence-electron chi connectivity index (χ2n) is 4.44. The zero-order chi connectivity index (χ0) is 14.4. The molecule has 4 rings (SSSR count). The van der Waals surface area contributed by atoms with Crippen molar-refractivity contribution in [2.75, 3.05) is 0 Å². The van der Waals surface area contributed by atoms with E-state index in [9.17, 15) is 0 Å². The normalized spacial score (nSPS) is 11.3. The molecule has 0 saturated carbocycles. The summed E-state index contributed by atoms with van der Waals surface area (Å²) in [6.45, 7) is 1.81. The largest absolute Gasteiger partial charge is 0.441 e. The molecule has 3 heterocycles. The number of nitrogens with zero attached hydrogens (tertiary/aromatic N) is 3. The molecule has 1 aromatic carbocycles. The minimum Gasteiger partial charge on any atom is -0.441 e. The van der Waals surface area contributed by atoms with Gasteiger partial charge < -0.3 is 8.94 Å². The number of hydrogen-bond acceptors (Lipinski definition) is 6. The van der Waals surface area contributed by atoms with E-state index >= 15 is 0 Å². The van der Waals surface area contributed by atoms with Crippen LogP contribution in [0.4, 0.5) is 0 Å². The van der Waals surface area contributed by atoms with E-state index in [1.807, 2.05) is 31.2 Å². The Morgan fingerprint density at radius 2 is 2.05 bits per heavy atom. The number of hydrogen-bond donors (Lipinski definition) is 0. The summed E-state index contributed by atoms with van der Waals surface area (Å²) in [6.07, 6.45) is 0. The number of rotatable bonds is 2. The second kappa shape index (κ2) is 4.68. The average molecular weight is 318 g/mol. The zero-order valence-electron chi connectivity index (χ0n) is 10.8. The van der Waals surface area contributed by atoms with Crippen molar-refractivity contribution in [3.05, 3.63) is 40.6 Å². The number of halogens is 1. The molecule has 0 bridgehead atoms. The first-order valence-corrected chi connectivity index (χ1v) is 7.35. The molecule has 0 radical (unpaired) electrons. The lowest BCUT2D eigenvalue weighted by molar-refractivity contribution is 0.433. The zero-order valence-corrected chi connectivity index (χ0v) is 12.4. The fraction of sp³-hybridized carbons (Fsp3) is 0.0714. The van der Waals surface area contributed by atoms with E-state index in [1.54, 1.807) is 6.07 Å². The minimum absolute atomic E-state index is 0.457. The number of fused-ring (bicyclic) bond motifs is 1. The standard InChI is InChI=1S/C14H8ClN3O2S/c1-7-16-9-6-8(2-3-10(9)19-7)13-17-14(20-18-13)11-4-5-12(15)21-11/h2-6H,1H3. The van der Waals surface area contributed by atoms with Gasteiger partial charge in [-0.05, 0) is 30.3 Å². The van der Waals surface area contributed by atoms with Crippen LogP contribution >= 0.6 is 22.9 Å². The van der Waals surface area contributed by atoms with Gasteiger partial charge in [0.05, 0.1) is 9.21 Å². The topological polar surface area (TPSA) is 65.0 Å². The highest BCUT2D eigenvalue weighted by molar-refractivity contribution is 7.19. The molecular weight excluding hydrogens is 310 g/mol. The lowest BCUT2D eigenvalue weighted by atomic mass is 10.2. The van der Waals surface area contributed by atoms with Crippen LogP contribution in [0.5, 0.6) is 0 Å². The van der Waals surface area contributed by atoms with Gasteiger partial charge in [-0.1, -0.05) is 16.8 Å². The van der Waals surface area contributed by atoms with Crippen molar-refractivity contribution in [2.45, 2.75) is 6.92 Å². The van der Waals surface area contributed by atoms with Crippen molar-refractivity contribution < 1.29 is 8.94 Å². The predicted molar refractivity (Wildman–Crippen MR) is 80.4 cm³/mol. The highest BCUT2D eigenvalue weighted by Crippen LogP contribution is 2.31. The number of thiophene rings is 1. The number of aryl methyl sites for hydroxylation is 1. The Bertz CT molecular complexity index is 941. The molecule has 4 aromatic rings. The monoisotopic (exact) mass is 317 g/mol. The van der Waals surface area contributed by atoms with Gasteiger partial charge in [-0.2, -0.15) is 4.98 Å². The second-order valence-corrected chi connectivity index (χ2v) is 6.16. The molecule has 5 nitrogen and oxygen atoms in total. The van der Waals surface area contributed by atoms with Crippen LogP contribution in [0, 0.1) is 6.92 Å². The summed E-state index contributed by atoms with van der Waals surface area (Å²) in [5.74, 6) is 1.60. The fourth-order valence-corrected chi connectivity index (χ4v) is 3.02. The summed E-state index contributed by atoms with van der Waals surface area (Å²) < 4.78 is 11.4. The van der Waals surface area contributed by atoms with Crippen molar-refractivity contribution in [1.29, 1.82) is 0 Å². The Kier molecular flexibility index (Phi) is 2.80. The van der Waals surface area contributed by atoms with Crippen LogP contribution in [0.3, 0.4) is 0 Å². The van der Waals surface area contributed by atoms with Gasteiger partial charge in [0, 0.05) is 12.5 Å². The lowest BCUT2D eigenvalue weighted by Crippen LogP contribution is -1.81. The summed E-state index contributed by atoms with van der Waals surface area (Å²) in [6, 6.07) is 9.26. The molecule has 0 aliphatic heterocycles. The van der Waals surface area contributed by atoms with Gasteiger partial charge in [-0.25, -0.2) is 4.98 Å². The van der Waals surface area contributed by atoms with E-state index in [2.05, 4.69) is 15.1 Å². The van der Waals surface area contributed by atoms with E-state index in [-0.39, 0.29) is 0 Å². The van der Waals surface area contributed by atoms with Crippen LogP contribution in [0.25, 0.3) is 33.3 Å². The van der Waals surface area contributed by atoms with Crippen molar-refractivity contribution in [3.63, 3.8) is 0 Å². The predicted octanol–water partition coefficient (Wildman–Crippen LogP) is 4.57. The molecule has 0 spiro atoms. The molecule has 104 valence electrons. The Morgan fingerprint density at radius 1 is 1.14 bits per heavy atom. The summed E-state index contributed by atoms with van der Waals surface area (Å²) in [7, 11) is 0. The van der Waals surface area contributed by atoms with Gasteiger partial charge >= 0.3 is 0 Å². The Labute approximate surface area is 128 Å². The first-order chi connectivity index (χ1) is 10.2. The summed E-state index contributed by atoms with van der Waals surface area (Å²) >= 11 is 7.31. The molecule has 0 fully saturated rings. The fourth-order valence-electron chi connectivity index (χ4n) is 2.05. The molecule has 3 aromatic heterocycles. The van der Waals surface area contributed by atoms with Crippen LogP contribution in [-0.4, -0.2) is 15.1 Å². The Morgan fingerprint density at radius 3 is 2.86 bits per heavy atom. The maximum absolute atomic E-state index is 5.91. The van der Waals surface area contributed by atoms with Crippen LogP contribution < -0.4 is 0 Å². The summed E-state index contributed by atoms with van der Waals surface area (Å²) in [5, 5.41) is 4.00. The highest BCUT2D eigenvalue weighted by atomic mass is 35.5. The number of aromatic nitrogens is 3. The van der Waals surface area contributed by atoms with E-state index in [0.717, 1.165) is 21.5 Å². The van der Waals surface area contributed by atoms with E-state index in [1.165, 1.54) is 11.3 Å². The Hall–Kier alpha value is -2.18. The summed E-state index contributed by atoms with van der Waals surface area (Å²) in [4.78, 5) is 9.54. The lowest BCUT2D eigenvalue weighted by Gasteiger charge is -1.92. The van der Waals surface area contributed by atoms with Crippen molar-refractivity contribution in [2.24, 2.45) is 0 Å². The molecule has 0 amide bonds. The molecule has 0 N–H and O–H groups in total. The van der Waals surface area contributed by atoms with Gasteiger partial charge in [0.25, 0.3) is 5.89 Å². The maximum atomic E-state index is 5.91. The van der Waals surface area contributed by atoms with Gasteiger partial charge in [-0.15, -0.1) is 11.3 Å². The first-order valence-electron chi connectivity index (χ1n) is 6.16. The Balaban J connectivity index is 1.76. The molecule has 0 unspecified atom stereocenters. The van der Waals surface area contributed by atoms with Crippen molar-refractivity contribution in [3.8, 4) is 22.2 Å². The third kappa shape index (κ3) is 2.22. The molecular formula is C14H8ClN3O2S. The molecule has 0 atom stereocenters. The van der Waals surface area contributed by atoms with Crippen LogP contribution in [0.2, 0.25) is 4.34 Å². The smallest absolute Gasteiger partial charge is 0.268 e. The van der Waals surface area contributed by atoms with E-state index in [0.29, 0.717) is 21.9 Å². The summed E-state index contributed by atoms with van der Waals surface area (Å²) in [5.41, 5.74) is 2.34. The maximum Gasteiger partial charge on any atom is 0.268 e. The molecule has 21 heavy (non-hydrogen) atoms. The van der Waals surface area contributed by atoms with Crippen molar-refractivity contribution >= 4 is 34.0 Å². The van der Waals surface area contributed by atoms with Crippen LogP contribution in [0.1, 0.15) is 5.89 Å². The first kappa shape index (κ1) is 12.6. The van der Waals surface area contributed by atoms with Crippen LogP contribution in [-0.2, 0) is 0 Å². The third-order valence-corrected chi connectivity index (χ3v) is 4.18. The average Bonchev–Trinajstić information content (AvgIpc) is 3.15.